The topological polar surface area (TPSA) is 105 Å². The fourth-order valence-electron chi connectivity index (χ4n) is 3.04. The van der Waals surface area contributed by atoms with Gasteiger partial charge in [-0.15, -0.1) is 10.2 Å². The number of H-pyrrole nitrogens is 1. The average molecular weight is 362 g/mol. The monoisotopic (exact) mass is 362 g/mol. The summed E-state index contributed by atoms with van der Waals surface area (Å²) in [7, 11) is 0. The summed E-state index contributed by atoms with van der Waals surface area (Å²) in [4.78, 5) is 31.6. The molecule has 0 saturated heterocycles. The number of amides is 1. The Morgan fingerprint density at radius 3 is 2.93 bits per heavy atom. The van der Waals surface area contributed by atoms with Crippen molar-refractivity contribution in [3.8, 4) is 0 Å². The van der Waals surface area contributed by atoms with Gasteiger partial charge < -0.3 is 10.3 Å². The molecule has 27 heavy (non-hydrogen) atoms. The third-order valence-electron chi connectivity index (χ3n) is 4.33. The molecule has 8 heteroatoms. The fraction of sp³-hybridized carbons (Fsp3) is 0.211. The summed E-state index contributed by atoms with van der Waals surface area (Å²) < 4.78 is 1.76. The van der Waals surface area contributed by atoms with Crippen molar-refractivity contribution in [3.63, 3.8) is 0 Å². The number of carbonyl (C=O) groups is 1. The van der Waals surface area contributed by atoms with Crippen molar-refractivity contribution in [2.75, 3.05) is 0 Å². The third-order valence-corrected chi connectivity index (χ3v) is 4.33. The summed E-state index contributed by atoms with van der Waals surface area (Å²) >= 11 is 0. The van der Waals surface area contributed by atoms with Crippen molar-refractivity contribution >= 4 is 22.6 Å². The number of fused-ring (bicyclic) bond motifs is 3. The highest BCUT2D eigenvalue weighted by molar-refractivity contribution is 5.97. The largest absolute Gasteiger partial charge is 0.348 e. The fourth-order valence-corrected chi connectivity index (χ4v) is 3.04. The predicted octanol–water partition coefficient (Wildman–Crippen LogP) is 1.85. The van der Waals surface area contributed by atoms with E-state index in [1.54, 1.807) is 35.0 Å². The molecule has 0 bridgehead atoms. The molecule has 0 atom stereocenters. The number of hydrogen-bond donors (Lipinski definition) is 2. The first-order chi connectivity index (χ1) is 13.2. The second-order valence-electron chi connectivity index (χ2n) is 6.26. The van der Waals surface area contributed by atoms with Gasteiger partial charge in [0.15, 0.2) is 0 Å². The van der Waals surface area contributed by atoms with Crippen molar-refractivity contribution in [1.29, 1.82) is 0 Å². The van der Waals surface area contributed by atoms with Crippen molar-refractivity contribution in [2.45, 2.75) is 26.3 Å². The average Bonchev–Trinajstić information content (AvgIpc) is 3.11. The molecule has 8 nitrogen and oxygen atoms in total. The minimum absolute atomic E-state index is 0.223. The van der Waals surface area contributed by atoms with Gasteiger partial charge in [0.25, 0.3) is 11.5 Å². The van der Waals surface area contributed by atoms with E-state index >= 15 is 0 Å². The molecule has 0 fully saturated rings. The Hall–Kier alpha value is -3.55. The molecule has 0 aliphatic carbocycles. The van der Waals surface area contributed by atoms with Gasteiger partial charge in [0.1, 0.15) is 5.82 Å². The van der Waals surface area contributed by atoms with Gasteiger partial charge in [-0.25, -0.2) is 0 Å². The van der Waals surface area contributed by atoms with Gasteiger partial charge in [-0.3, -0.25) is 19.0 Å². The highest BCUT2D eigenvalue weighted by Gasteiger charge is 2.14. The van der Waals surface area contributed by atoms with E-state index in [-0.39, 0.29) is 17.1 Å². The first kappa shape index (κ1) is 16.9. The highest BCUT2D eigenvalue weighted by Crippen LogP contribution is 2.16. The van der Waals surface area contributed by atoms with E-state index in [9.17, 15) is 9.59 Å². The Balaban J connectivity index is 1.69. The highest BCUT2D eigenvalue weighted by atomic mass is 16.1. The normalized spacial score (nSPS) is 11.1. The third kappa shape index (κ3) is 3.17. The van der Waals surface area contributed by atoms with Crippen LogP contribution in [0.2, 0.25) is 0 Å². The zero-order chi connectivity index (χ0) is 18.8. The van der Waals surface area contributed by atoms with Gasteiger partial charge in [0.2, 0.25) is 5.65 Å². The van der Waals surface area contributed by atoms with Crippen LogP contribution in [0.5, 0.6) is 0 Å². The summed E-state index contributed by atoms with van der Waals surface area (Å²) in [5, 5.41) is 11.0. The van der Waals surface area contributed by atoms with E-state index < -0.39 is 0 Å². The number of hydrogen-bond acceptors (Lipinski definition) is 5. The quantitative estimate of drug-likeness (QED) is 0.564. The summed E-state index contributed by atoms with van der Waals surface area (Å²) in [5.74, 6) is 0.511. The zero-order valence-corrected chi connectivity index (χ0v) is 14.8. The second-order valence-corrected chi connectivity index (χ2v) is 6.26. The van der Waals surface area contributed by atoms with Crippen LogP contribution in [0.25, 0.3) is 16.7 Å². The molecular formula is C19H18N6O2. The van der Waals surface area contributed by atoms with Gasteiger partial charge in [-0.2, -0.15) is 0 Å². The first-order valence-corrected chi connectivity index (χ1v) is 8.74. The van der Waals surface area contributed by atoms with Gasteiger partial charge in [0.05, 0.1) is 11.0 Å². The van der Waals surface area contributed by atoms with Crippen LogP contribution in [0.15, 0.2) is 47.5 Å². The van der Waals surface area contributed by atoms with Crippen LogP contribution < -0.4 is 10.9 Å². The second kappa shape index (κ2) is 6.99. The molecular weight excluding hydrogens is 344 g/mol. The van der Waals surface area contributed by atoms with E-state index in [0.717, 1.165) is 23.3 Å². The van der Waals surface area contributed by atoms with E-state index in [0.29, 0.717) is 24.0 Å². The minimum atomic E-state index is -0.328. The van der Waals surface area contributed by atoms with Gasteiger partial charge in [-0.1, -0.05) is 13.0 Å². The smallest absolute Gasteiger partial charge is 0.294 e. The Bertz CT molecular complexity index is 1180. The van der Waals surface area contributed by atoms with Crippen LogP contribution in [0.1, 0.15) is 35.1 Å². The number of benzene rings is 1. The van der Waals surface area contributed by atoms with Gasteiger partial charge in [-0.05, 0) is 36.2 Å². The zero-order valence-electron chi connectivity index (χ0n) is 14.8. The number of carbonyl (C=O) groups excluding carboxylic acids is 1. The summed E-state index contributed by atoms with van der Waals surface area (Å²) in [6.07, 6.45) is 5.00. The number of nitrogens with one attached hydrogen (secondary N) is 2. The van der Waals surface area contributed by atoms with Crippen molar-refractivity contribution < 1.29 is 4.79 Å². The molecule has 0 unspecified atom stereocenters. The molecule has 0 spiro atoms. The number of aromatic nitrogens is 5. The van der Waals surface area contributed by atoms with Crippen LogP contribution in [-0.4, -0.2) is 30.5 Å². The molecule has 136 valence electrons. The first-order valence-electron chi connectivity index (χ1n) is 8.74. The maximum Gasteiger partial charge on any atom is 0.294 e. The lowest BCUT2D eigenvalue weighted by molar-refractivity contribution is 0.0951. The Morgan fingerprint density at radius 2 is 2.15 bits per heavy atom. The number of pyridine rings is 1. The summed E-state index contributed by atoms with van der Waals surface area (Å²) in [5.41, 5.74) is 2.65. The van der Waals surface area contributed by atoms with E-state index in [4.69, 9.17) is 0 Å². The predicted molar refractivity (Wildman–Crippen MR) is 101 cm³/mol. The molecule has 3 aromatic heterocycles. The van der Waals surface area contributed by atoms with Gasteiger partial charge >= 0.3 is 0 Å². The minimum Gasteiger partial charge on any atom is -0.348 e. The molecule has 0 aliphatic rings. The number of aryl methyl sites for hydroxylation is 1. The Morgan fingerprint density at radius 1 is 1.26 bits per heavy atom. The van der Waals surface area contributed by atoms with Crippen molar-refractivity contribution in [3.05, 3.63) is 70.0 Å². The number of rotatable bonds is 5. The standard InChI is InChI=1S/C19H18N6O2/c1-2-4-16-23-24-17-19(27)22-14-9-13(6-7-15(14)25(16)17)18(26)21-11-12-5-3-8-20-10-12/h3,5-10H,2,4,11H2,1H3,(H,21,26)(H,22,27). The molecule has 1 amide bonds. The lowest BCUT2D eigenvalue weighted by Gasteiger charge is -2.08. The van der Waals surface area contributed by atoms with Crippen molar-refractivity contribution in [1.82, 2.24) is 29.9 Å². The summed E-state index contributed by atoms with van der Waals surface area (Å²) in [6.45, 7) is 2.42. The maximum absolute atomic E-state index is 12.5. The van der Waals surface area contributed by atoms with Crippen LogP contribution in [0, 0.1) is 0 Å². The van der Waals surface area contributed by atoms with Crippen molar-refractivity contribution in [2.24, 2.45) is 0 Å². The lowest BCUT2D eigenvalue weighted by Crippen LogP contribution is -2.23. The number of aromatic amines is 1. The Kier molecular flexibility index (Phi) is 4.37. The van der Waals surface area contributed by atoms with E-state index in [1.807, 2.05) is 19.1 Å². The van der Waals surface area contributed by atoms with E-state index in [1.165, 1.54) is 0 Å². The molecule has 3 heterocycles. The maximum atomic E-state index is 12.5. The van der Waals surface area contributed by atoms with Crippen LogP contribution in [0.4, 0.5) is 0 Å². The molecule has 0 saturated carbocycles. The lowest BCUT2D eigenvalue weighted by atomic mass is 10.1. The van der Waals surface area contributed by atoms with Crippen LogP contribution >= 0.6 is 0 Å². The molecule has 4 rings (SSSR count). The SMILES string of the molecule is CCCc1nnc2c(=O)[nH]c3cc(C(=O)NCc4cccnc4)ccc3n12. The van der Waals surface area contributed by atoms with Crippen LogP contribution in [-0.2, 0) is 13.0 Å². The van der Waals surface area contributed by atoms with Crippen LogP contribution in [0.3, 0.4) is 0 Å². The number of nitrogens with zero attached hydrogens (tertiary/aromatic N) is 4. The molecule has 2 N–H and O–H groups in total. The molecule has 4 aromatic rings. The summed E-state index contributed by atoms with van der Waals surface area (Å²) in [6, 6.07) is 8.92. The van der Waals surface area contributed by atoms with E-state index in [2.05, 4.69) is 25.5 Å². The molecule has 0 aliphatic heterocycles. The molecule has 0 radical (unpaired) electrons. The van der Waals surface area contributed by atoms with Gasteiger partial charge in [0, 0.05) is 30.9 Å². The molecule has 1 aromatic carbocycles. The Labute approximate surface area is 154 Å².